The van der Waals surface area contributed by atoms with Gasteiger partial charge in [0.15, 0.2) is 0 Å². The number of hydrogen-bond acceptors (Lipinski definition) is 2. The van der Waals surface area contributed by atoms with Gasteiger partial charge in [0.1, 0.15) is 22.9 Å². The fourth-order valence-electron chi connectivity index (χ4n) is 1.91. The number of hydrogen-bond donors (Lipinski definition) is 1. The number of halogens is 3. The maximum atomic E-state index is 13.7. The molecular weight excluding hydrogens is 344 g/mol. The lowest BCUT2D eigenvalue weighted by Crippen LogP contribution is -2.16. The number of carbonyl (C=O) groups is 1. The number of rotatable bonds is 3. The monoisotopic (exact) mass is 355 g/mol. The fourth-order valence-corrected chi connectivity index (χ4v) is 2.31. The molecule has 0 radical (unpaired) electrons. The van der Waals surface area contributed by atoms with Crippen molar-refractivity contribution in [2.45, 2.75) is 6.92 Å². The highest BCUT2D eigenvalue weighted by molar-refractivity contribution is 9.10. The predicted molar refractivity (Wildman–Crippen MR) is 79.7 cm³/mol. The van der Waals surface area contributed by atoms with Crippen molar-refractivity contribution in [3.63, 3.8) is 0 Å². The van der Waals surface area contributed by atoms with Gasteiger partial charge in [-0.1, -0.05) is 15.9 Å². The maximum Gasteiger partial charge on any atom is 0.261 e. The Bertz CT molecular complexity index is 681. The first-order valence-corrected chi connectivity index (χ1v) is 6.82. The van der Waals surface area contributed by atoms with E-state index in [9.17, 15) is 13.6 Å². The zero-order valence-corrected chi connectivity index (χ0v) is 12.9. The van der Waals surface area contributed by atoms with E-state index in [1.165, 1.54) is 7.11 Å². The lowest BCUT2D eigenvalue weighted by atomic mass is 10.1. The first-order chi connectivity index (χ1) is 9.92. The third kappa shape index (κ3) is 3.39. The second kappa shape index (κ2) is 6.22. The van der Waals surface area contributed by atoms with Crippen LogP contribution < -0.4 is 10.1 Å². The molecule has 2 aromatic carbocycles. The molecule has 0 aliphatic carbocycles. The van der Waals surface area contributed by atoms with Crippen LogP contribution in [0, 0.1) is 18.6 Å². The van der Waals surface area contributed by atoms with E-state index < -0.39 is 23.1 Å². The van der Waals surface area contributed by atoms with Crippen molar-refractivity contribution in [3.8, 4) is 5.75 Å². The second-order valence-corrected chi connectivity index (χ2v) is 5.30. The largest absolute Gasteiger partial charge is 0.496 e. The molecule has 0 atom stereocenters. The molecular formula is C15H12BrF2NO2. The van der Waals surface area contributed by atoms with Gasteiger partial charge >= 0.3 is 0 Å². The van der Waals surface area contributed by atoms with Crippen molar-refractivity contribution < 1.29 is 18.3 Å². The minimum atomic E-state index is -0.926. The average Bonchev–Trinajstić information content (AvgIpc) is 2.37. The first kappa shape index (κ1) is 15.4. The maximum absolute atomic E-state index is 13.7. The van der Waals surface area contributed by atoms with Gasteiger partial charge in [0.05, 0.1) is 7.11 Å². The highest BCUT2D eigenvalue weighted by Gasteiger charge is 2.18. The molecule has 0 bridgehead atoms. The highest BCUT2D eigenvalue weighted by atomic mass is 79.9. The van der Waals surface area contributed by atoms with Crippen molar-refractivity contribution in [3.05, 3.63) is 57.6 Å². The topological polar surface area (TPSA) is 38.3 Å². The van der Waals surface area contributed by atoms with Crippen molar-refractivity contribution in [2.75, 3.05) is 12.4 Å². The van der Waals surface area contributed by atoms with E-state index in [1.54, 1.807) is 25.1 Å². The molecule has 21 heavy (non-hydrogen) atoms. The normalized spacial score (nSPS) is 10.3. The van der Waals surface area contributed by atoms with Crippen LogP contribution in [0.5, 0.6) is 5.75 Å². The molecule has 0 aromatic heterocycles. The van der Waals surface area contributed by atoms with Crippen LogP contribution in [0.25, 0.3) is 0 Å². The van der Waals surface area contributed by atoms with E-state index in [0.717, 1.165) is 17.7 Å². The summed E-state index contributed by atoms with van der Waals surface area (Å²) in [6, 6.07) is 7.00. The predicted octanol–water partition coefficient (Wildman–Crippen LogP) is 4.30. The van der Waals surface area contributed by atoms with E-state index in [2.05, 4.69) is 21.2 Å². The molecule has 0 fully saturated rings. The van der Waals surface area contributed by atoms with Crippen LogP contribution in [0.3, 0.4) is 0 Å². The summed E-state index contributed by atoms with van der Waals surface area (Å²) in [6.45, 7) is 1.80. The molecule has 1 amide bonds. The summed E-state index contributed by atoms with van der Waals surface area (Å²) < 4.78 is 32.8. The summed E-state index contributed by atoms with van der Waals surface area (Å²) in [5.74, 6) is -2.04. The van der Waals surface area contributed by atoms with Gasteiger partial charge in [-0.3, -0.25) is 4.79 Å². The molecule has 6 heteroatoms. The van der Waals surface area contributed by atoms with E-state index in [-0.39, 0.29) is 4.47 Å². The van der Waals surface area contributed by atoms with Gasteiger partial charge in [0.25, 0.3) is 5.91 Å². The number of aryl methyl sites for hydroxylation is 1. The van der Waals surface area contributed by atoms with Crippen molar-refractivity contribution >= 4 is 27.5 Å². The van der Waals surface area contributed by atoms with Gasteiger partial charge in [-0.2, -0.15) is 0 Å². The standard InChI is InChI=1S/C15H12BrF2NO2/c1-8-5-10(3-4-13(8)21-2)19-15(20)14-11(17)6-9(16)7-12(14)18/h3-7H,1-2H3,(H,19,20). The third-order valence-corrected chi connectivity index (χ3v) is 3.34. The van der Waals surface area contributed by atoms with Crippen LogP contribution in [0.4, 0.5) is 14.5 Å². The molecule has 0 saturated carbocycles. The Kier molecular flexibility index (Phi) is 4.57. The fraction of sp³-hybridized carbons (Fsp3) is 0.133. The van der Waals surface area contributed by atoms with Gasteiger partial charge in [-0.05, 0) is 42.8 Å². The molecule has 2 rings (SSSR count). The van der Waals surface area contributed by atoms with Crippen LogP contribution >= 0.6 is 15.9 Å². The Morgan fingerprint density at radius 1 is 1.19 bits per heavy atom. The van der Waals surface area contributed by atoms with Crippen molar-refractivity contribution in [2.24, 2.45) is 0 Å². The van der Waals surface area contributed by atoms with Crippen LogP contribution in [-0.4, -0.2) is 13.0 Å². The molecule has 1 N–H and O–H groups in total. The summed E-state index contributed by atoms with van der Waals surface area (Å²) in [7, 11) is 1.53. The van der Waals surface area contributed by atoms with Gasteiger partial charge in [-0.15, -0.1) is 0 Å². The molecule has 0 saturated heterocycles. The Balaban J connectivity index is 2.28. The SMILES string of the molecule is COc1ccc(NC(=O)c2c(F)cc(Br)cc2F)cc1C. The summed E-state index contributed by atoms with van der Waals surface area (Å²) >= 11 is 2.96. The summed E-state index contributed by atoms with van der Waals surface area (Å²) in [5.41, 5.74) is 0.610. The lowest BCUT2D eigenvalue weighted by Gasteiger charge is -2.10. The summed E-state index contributed by atoms with van der Waals surface area (Å²) in [6.07, 6.45) is 0. The number of nitrogens with one attached hydrogen (secondary N) is 1. The molecule has 110 valence electrons. The lowest BCUT2D eigenvalue weighted by molar-refractivity contribution is 0.101. The zero-order chi connectivity index (χ0) is 15.6. The molecule has 0 aliphatic heterocycles. The Morgan fingerprint density at radius 3 is 2.33 bits per heavy atom. The van der Waals surface area contributed by atoms with Crippen LogP contribution in [-0.2, 0) is 0 Å². The quantitative estimate of drug-likeness (QED) is 0.891. The zero-order valence-electron chi connectivity index (χ0n) is 11.3. The number of amides is 1. The van der Waals surface area contributed by atoms with Crippen LogP contribution in [0.1, 0.15) is 15.9 Å². The highest BCUT2D eigenvalue weighted by Crippen LogP contribution is 2.24. The van der Waals surface area contributed by atoms with Gasteiger partial charge in [0.2, 0.25) is 0 Å². The Morgan fingerprint density at radius 2 is 1.81 bits per heavy atom. The molecule has 3 nitrogen and oxygen atoms in total. The summed E-state index contributed by atoms with van der Waals surface area (Å²) in [5, 5.41) is 2.46. The minimum Gasteiger partial charge on any atom is -0.496 e. The molecule has 0 heterocycles. The molecule has 0 aliphatic rings. The van der Waals surface area contributed by atoms with Gasteiger partial charge < -0.3 is 10.1 Å². The third-order valence-electron chi connectivity index (χ3n) is 2.89. The van der Waals surface area contributed by atoms with Gasteiger partial charge in [-0.25, -0.2) is 8.78 Å². The van der Waals surface area contributed by atoms with Crippen molar-refractivity contribution in [1.82, 2.24) is 0 Å². The number of benzene rings is 2. The second-order valence-electron chi connectivity index (χ2n) is 4.38. The number of methoxy groups -OCH3 is 1. The Labute approximate surface area is 129 Å². The molecule has 0 spiro atoms. The number of anilines is 1. The summed E-state index contributed by atoms with van der Waals surface area (Å²) in [4.78, 5) is 12.0. The first-order valence-electron chi connectivity index (χ1n) is 6.03. The number of carbonyl (C=O) groups excluding carboxylic acids is 1. The molecule has 0 unspecified atom stereocenters. The smallest absolute Gasteiger partial charge is 0.261 e. The molecule has 2 aromatic rings. The van der Waals surface area contributed by atoms with Crippen LogP contribution in [0.2, 0.25) is 0 Å². The number of ether oxygens (including phenoxy) is 1. The average molecular weight is 356 g/mol. The van der Waals surface area contributed by atoms with Gasteiger partial charge in [0, 0.05) is 10.2 Å². The van der Waals surface area contributed by atoms with E-state index >= 15 is 0 Å². The van der Waals surface area contributed by atoms with Crippen molar-refractivity contribution in [1.29, 1.82) is 0 Å². The van der Waals surface area contributed by atoms with E-state index in [4.69, 9.17) is 4.74 Å². The van der Waals surface area contributed by atoms with E-state index in [0.29, 0.717) is 11.4 Å². The van der Waals surface area contributed by atoms with E-state index in [1.807, 2.05) is 0 Å². The minimum absolute atomic E-state index is 0.231. The Hall–Kier alpha value is -1.95. The van der Waals surface area contributed by atoms with Crippen LogP contribution in [0.15, 0.2) is 34.8 Å².